The Bertz CT molecular complexity index is 1040. The van der Waals surface area contributed by atoms with Crippen molar-refractivity contribution in [3.8, 4) is 5.75 Å². The van der Waals surface area contributed by atoms with Crippen LogP contribution in [0, 0.1) is 6.92 Å². The highest BCUT2D eigenvalue weighted by molar-refractivity contribution is 7.89. The van der Waals surface area contributed by atoms with Crippen LogP contribution in [0.15, 0.2) is 47.4 Å². The van der Waals surface area contributed by atoms with Gasteiger partial charge >= 0.3 is 0 Å². The van der Waals surface area contributed by atoms with Crippen molar-refractivity contribution in [2.24, 2.45) is 5.14 Å². The topological polar surface area (TPSA) is 119 Å². The van der Waals surface area contributed by atoms with Gasteiger partial charge in [-0.25, -0.2) is 13.6 Å². The molecule has 0 atom stereocenters. The summed E-state index contributed by atoms with van der Waals surface area (Å²) < 4.78 is 28.1. The highest BCUT2D eigenvalue weighted by Crippen LogP contribution is 2.32. The first kappa shape index (κ1) is 21.8. The number of sulfonamides is 1. The average molecular weight is 432 g/mol. The number of anilines is 1. The van der Waals surface area contributed by atoms with Gasteiger partial charge in [0.25, 0.3) is 0 Å². The lowest BCUT2D eigenvalue weighted by atomic mass is 10.1. The summed E-state index contributed by atoms with van der Waals surface area (Å²) >= 11 is 0. The molecule has 160 valence electrons. The summed E-state index contributed by atoms with van der Waals surface area (Å²) in [5, 5.41) is 7.85. The maximum absolute atomic E-state index is 12.6. The van der Waals surface area contributed by atoms with Crippen LogP contribution >= 0.6 is 0 Å². The van der Waals surface area contributed by atoms with Crippen molar-refractivity contribution < 1.29 is 22.7 Å². The van der Waals surface area contributed by atoms with Gasteiger partial charge in [-0.3, -0.25) is 9.59 Å². The highest BCUT2D eigenvalue weighted by atomic mass is 32.2. The number of carbonyl (C=O) groups excluding carboxylic acids is 2. The minimum absolute atomic E-state index is 0.0497. The van der Waals surface area contributed by atoms with Gasteiger partial charge in [0.1, 0.15) is 12.4 Å². The van der Waals surface area contributed by atoms with Crippen LogP contribution in [-0.4, -0.2) is 39.9 Å². The van der Waals surface area contributed by atoms with Gasteiger partial charge in [-0.2, -0.15) is 0 Å². The lowest BCUT2D eigenvalue weighted by Gasteiger charge is -2.30. The Labute approximate surface area is 176 Å². The summed E-state index contributed by atoms with van der Waals surface area (Å²) in [4.78, 5) is 26.4. The molecule has 0 radical (unpaired) electrons. The van der Waals surface area contributed by atoms with Gasteiger partial charge in [-0.1, -0.05) is 18.2 Å². The maximum atomic E-state index is 12.6. The van der Waals surface area contributed by atoms with E-state index in [2.05, 4.69) is 5.32 Å². The van der Waals surface area contributed by atoms with Crippen LogP contribution in [0.25, 0.3) is 0 Å². The van der Waals surface area contributed by atoms with E-state index in [9.17, 15) is 18.0 Å². The molecular weight excluding hydrogens is 406 g/mol. The van der Waals surface area contributed by atoms with Crippen LogP contribution < -0.4 is 20.1 Å². The van der Waals surface area contributed by atoms with Crippen molar-refractivity contribution in [3.05, 3.63) is 53.6 Å². The minimum Gasteiger partial charge on any atom is -0.490 e. The maximum Gasteiger partial charge on any atom is 0.238 e. The van der Waals surface area contributed by atoms with E-state index in [0.717, 1.165) is 16.8 Å². The van der Waals surface area contributed by atoms with Gasteiger partial charge < -0.3 is 15.0 Å². The number of amides is 2. The predicted molar refractivity (Wildman–Crippen MR) is 113 cm³/mol. The molecule has 0 fully saturated rings. The first-order valence-corrected chi connectivity index (χ1v) is 11.2. The van der Waals surface area contributed by atoms with E-state index in [1.54, 1.807) is 17.0 Å². The second-order valence-electron chi connectivity index (χ2n) is 7.15. The third-order valence-corrected chi connectivity index (χ3v) is 5.76. The molecule has 9 heteroatoms. The molecule has 0 saturated heterocycles. The molecular formula is C21H25N3O5S. The molecule has 3 rings (SSSR count). The lowest BCUT2D eigenvalue weighted by Crippen LogP contribution is -2.38. The summed E-state index contributed by atoms with van der Waals surface area (Å²) in [6.45, 7) is 3.23. The zero-order valence-electron chi connectivity index (χ0n) is 16.8. The number of hydrogen-bond donors (Lipinski definition) is 2. The normalized spacial score (nSPS) is 13.3. The van der Waals surface area contributed by atoms with E-state index in [-0.39, 0.29) is 29.6 Å². The molecule has 0 unspecified atom stereocenters. The summed E-state index contributed by atoms with van der Waals surface area (Å²) in [5.41, 5.74) is 2.65. The van der Waals surface area contributed by atoms with Crippen LogP contribution in [0.4, 0.5) is 5.69 Å². The van der Waals surface area contributed by atoms with Crippen molar-refractivity contribution >= 4 is 27.5 Å². The van der Waals surface area contributed by atoms with Crippen LogP contribution in [0.3, 0.4) is 0 Å². The van der Waals surface area contributed by atoms with Crippen LogP contribution in [0.2, 0.25) is 0 Å². The number of primary sulfonamides is 1. The third-order valence-electron chi connectivity index (χ3n) is 4.83. The number of hydrogen-bond acceptors (Lipinski definition) is 5. The van der Waals surface area contributed by atoms with E-state index < -0.39 is 10.0 Å². The SMILES string of the molecule is Cc1ccc2c(c1)N(C(=O)CCC(=O)NCCc1ccc(S(N)(=O)=O)cc1)CCO2. The molecule has 0 aromatic heterocycles. The fourth-order valence-corrected chi connectivity index (χ4v) is 3.74. The number of rotatable bonds is 7. The first-order valence-electron chi connectivity index (χ1n) is 9.66. The highest BCUT2D eigenvalue weighted by Gasteiger charge is 2.24. The van der Waals surface area contributed by atoms with Crippen molar-refractivity contribution in [3.63, 3.8) is 0 Å². The van der Waals surface area contributed by atoms with E-state index in [4.69, 9.17) is 9.88 Å². The second-order valence-corrected chi connectivity index (χ2v) is 8.72. The van der Waals surface area contributed by atoms with Crippen molar-refractivity contribution in [2.75, 3.05) is 24.6 Å². The third kappa shape index (κ3) is 5.58. The molecule has 3 N–H and O–H groups in total. The fourth-order valence-electron chi connectivity index (χ4n) is 3.22. The van der Waals surface area contributed by atoms with E-state index in [1.807, 2.05) is 25.1 Å². The Morgan fingerprint density at radius 2 is 1.87 bits per heavy atom. The fraction of sp³-hybridized carbons (Fsp3) is 0.333. The first-order chi connectivity index (χ1) is 14.2. The Morgan fingerprint density at radius 1 is 1.13 bits per heavy atom. The average Bonchev–Trinajstić information content (AvgIpc) is 2.71. The molecule has 0 bridgehead atoms. The van der Waals surface area contributed by atoms with Crippen molar-refractivity contribution in [1.29, 1.82) is 0 Å². The Morgan fingerprint density at radius 3 is 2.57 bits per heavy atom. The largest absolute Gasteiger partial charge is 0.490 e. The number of nitrogens with one attached hydrogen (secondary N) is 1. The molecule has 1 heterocycles. The number of aryl methyl sites for hydroxylation is 1. The monoisotopic (exact) mass is 431 g/mol. The van der Waals surface area contributed by atoms with Gasteiger partial charge in [0, 0.05) is 19.4 Å². The van der Waals surface area contributed by atoms with Crippen LogP contribution in [0.1, 0.15) is 24.0 Å². The number of nitrogens with zero attached hydrogens (tertiary/aromatic N) is 1. The molecule has 0 saturated carbocycles. The lowest BCUT2D eigenvalue weighted by molar-refractivity contribution is -0.125. The van der Waals surface area contributed by atoms with E-state index in [0.29, 0.717) is 31.9 Å². The smallest absolute Gasteiger partial charge is 0.238 e. The summed E-state index contributed by atoms with van der Waals surface area (Å²) in [6.07, 6.45) is 0.755. The van der Waals surface area contributed by atoms with Crippen molar-refractivity contribution in [2.45, 2.75) is 31.1 Å². The predicted octanol–water partition coefficient (Wildman–Crippen LogP) is 1.51. The Kier molecular flexibility index (Phi) is 6.73. The summed E-state index contributed by atoms with van der Waals surface area (Å²) in [5.74, 6) is 0.360. The molecule has 2 aromatic carbocycles. The van der Waals surface area contributed by atoms with Crippen molar-refractivity contribution in [1.82, 2.24) is 5.32 Å². The standard InChI is InChI=1S/C21H25N3O5S/c1-15-2-7-19-18(14-15)24(12-13-29-19)21(26)9-8-20(25)23-11-10-16-3-5-17(6-4-16)30(22,27)28/h2-7,14H,8-13H2,1H3,(H,23,25)(H2,22,27,28). The van der Waals surface area contributed by atoms with Gasteiger partial charge in [0.05, 0.1) is 17.1 Å². The summed E-state index contributed by atoms with van der Waals surface area (Å²) in [6, 6.07) is 11.9. The summed E-state index contributed by atoms with van der Waals surface area (Å²) in [7, 11) is -3.71. The Hall–Kier alpha value is -2.91. The molecule has 2 amide bonds. The molecule has 1 aliphatic heterocycles. The molecule has 2 aromatic rings. The molecule has 1 aliphatic rings. The molecule has 30 heavy (non-hydrogen) atoms. The second kappa shape index (κ2) is 9.27. The Balaban J connectivity index is 1.45. The quantitative estimate of drug-likeness (QED) is 0.689. The van der Waals surface area contributed by atoms with E-state index in [1.165, 1.54) is 12.1 Å². The molecule has 0 aliphatic carbocycles. The van der Waals surface area contributed by atoms with Crippen LogP contribution in [-0.2, 0) is 26.0 Å². The van der Waals surface area contributed by atoms with Gasteiger partial charge in [0.2, 0.25) is 21.8 Å². The number of benzene rings is 2. The number of fused-ring (bicyclic) bond motifs is 1. The van der Waals surface area contributed by atoms with Crippen LogP contribution in [0.5, 0.6) is 5.75 Å². The van der Waals surface area contributed by atoms with Gasteiger partial charge in [-0.15, -0.1) is 0 Å². The van der Waals surface area contributed by atoms with Gasteiger partial charge in [-0.05, 0) is 48.7 Å². The number of nitrogens with two attached hydrogens (primary N) is 1. The zero-order valence-corrected chi connectivity index (χ0v) is 17.6. The molecule has 0 spiro atoms. The number of carbonyl (C=O) groups is 2. The number of ether oxygens (including phenoxy) is 1. The zero-order chi connectivity index (χ0) is 21.7. The van der Waals surface area contributed by atoms with Gasteiger partial charge in [0.15, 0.2) is 0 Å². The molecule has 8 nitrogen and oxygen atoms in total. The van der Waals surface area contributed by atoms with E-state index >= 15 is 0 Å². The minimum atomic E-state index is -3.71.